The number of nitrogens with zero attached hydrogens (tertiary/aromatic N) is 2. The van der Waals surface area contributed by atoms with Crippen LogP contribution >= 0.6 is 0 Å². The highest BCUT2D eigenvalue weighted by Crippen LogP contribution is 2.69. The average Bonchev–Trinajstić information content (AvgIpc) is 2.93. The number of piperazine rings is 1. The van der Waals surface area contributed by atoms with Crippen LogP contribution in [0.3, 0.4) is 0 Å². The van der Waals surface area contributed by atoms with E-state index in [1.807, 2.05) is 9.80 Å². The Morgan fingerprint density at radius 1 is 1.05 bits per heavy atom. The third-order valence-corrected chi connectivity index (χ3v) is 6.55. The third-order valence-electron chi connectivity index (χ3n) is 6.55. The first-order valence-corrected chi connectivity index (χ1v) is 8.33. The number of carbonyl (C=O) groups is 2. The number of amides is 1. The summed E-state index contributed by atoms with van der Waals surface area (Å²) in [6, 6.07) is -0.446. The molecule has 3 aliphatic carbocycles. The Hall–Kier alpha value is -1.10. The van der Waals surface area contributed by atoms with Gasteiger partial charge in [0.25, 0.3) is 0 Å². The van der Waals surface area contributed by atoms with Gasteiger partial charge in [-0.05, 0) is 49.9 Å². The monoisotopic (exact) mass is 292 g/mol. The van der Waals surface area contributed by atoms with E-state index in [0.717, 1.165) is 11.8 Å². The molecule has 1 aliphatic heterocycles. The van der Waals surface area contributed by atoms with Crippen molar-refractivity contribution >= 4 is 11.9 Å². The number of hydrogen-bond donors (Lipinski definition) is 1. The summed E-state index contributed by atoms with van der Waals surface area (Å²) in [6.07, 6.45) is 4.07. The maximum atomic E-state index is 12.7. The molecular formula is C16H24N2O3. The topological polar surface area (TPSA) is 60.9 Å². The summed E-state index contributed by atoms with van der Waals surface area (Å²) in [5.41, 5.74) is 0. The van der Waals surface area contributed by atoms with Crippen molar-refractivity contribution in [3.8, 4) is 0 Å². The Morgan fingerprint density at radius 2 is 1.62 bits per heavy atom. The number of carboxylic acid groups (broad SMARTS) is 1. The van der Waals surface area contributed by atoms with Crippen LogP contribution in [0.1, 0.15) is 26.2 Å². The summed E-state index contributed by atoms with van der Waals surface area (Å²) in [5, 5.41) is 9.06. The van der Waals surface area contributed by atoms with Crippen molar-refractivity contribution in [2.45, 2.75) is 32.2 Å². The van der Waals surface area contributed by atoms with Crippen molar-refractivity contribution in [1.82, 2.24) is 9.80 Å². The van der Waals surface area contributed by atoms with Gasteiger partial charge in [0.1, 0.15) is 6.04 Å². The van der Waals surface area contributed by atoms with Gasteiger partial charge < -0.3 is 10.0 Å². The van der Waals surface area contributed by atoms with E-state index in [2.05, 4.69) is 0 Å². The van der Waals surface area contributed by atoms with Gasteiger partial charge in [0.05, 0.1) is 0 Å². The van der Waals surface area contributed by atoms with E-state index >= 15 is 0 Å². The first kappa shape index (κ1) is 13.6. The van der Waals surface area contributed by atoms with Crippen LogP contribution in [-0.2, 0) is 9.59 Å². The van der Waals surface area contributed by atoms with E-state index in [9.17, 15) is 9.59 Å². The molecule has 4 fully saturated rings. The molecule has 4 rings (SSSR count). The molecule has 0 aromatic carbocycles. The molecule has 0 aromatic heterocycles. The Bertz CT molecular complexity index is 456. The summed E-state index contributed by atoms with van der Waals surface area (Å²) >= 11 is 0. The molecular weight excluding hydrogens is 268 g/mol. The Labute approximate surface area is 125 Å². The number of hydrogen-bond acceptors (Lipinski definition) is 3. The van der Waals surface area contributed by atoms with Crippen LogP contribution in [0, 0.1) is 29.6 Å². The Balaban J connectivity index is 1.33. The number of fused-ring (bicyclic) bond motifs is 5. The highest BCUT2D eigenvalue weighted by atomic mass is 16.4. The largest absolute Gasteiger partial charge is 0.480 e. The molecule has 0 aromatic rings. The molecule has 1 heterocycles. The molecule has 1 N–H and O–H groups in total. The minimum atomic E-state index is -0.775. The van der Waals surface area contributed by atoms with Crippen LogP contribution in [0.15, 0.2) is 0 Å². The average molecular weight is 292 g/mol. The maximum Gasteiger partial charge on any atom is 0.320 e. The zero-order chi connectivity index (χ0) is 14.7. The highest BCUT2D eigenvalue weighted by Gasteiger charge is 2.68. The minimum absolute atomic E-state index is 0.319. The van der Waals surface area contributed by atoms with Crippen LogP contribution in [0.5, 0.6) is 0 Å². The standard InChI is InChI=1S/C16H24N2O3/c1-9(16(20)21)17-4-6-18(7-5-17)15(19)14-12-10-2-3-11(8-10)13(12)14/h9-14H,2-8H2,1H3,(H,20,21). The van der Waals surface area contributed by atoms with Crippen LogP contribution in [0.4, 0.5) is 0 Å². The van der Waals surface area contributed by atoms with Crippen LogP contribution in [0.2, 0.25) is 0 Å². The van der Waals surface area contributed by atoms with Crippen molar-refractivity contribution in [3.63, 3.8) is 0 Å². The number of carbonyl (C=O) groups excluding carboxylic acids is 1. The second kappa shape index (κ2) is 4.70. The molecule has 1 amide bonds. The first-order valence-electron chi connectivity index (χ1n) is 8.33. The van der Waals surface area contributed by atoms with Gasteiger partial charge in [0.2, 0.25) is 5.91 Å². The first-order chi connectivity index (χ1) is 10.1. The Kier molecular flexibility index (Phi) is 3.03. The summed E-state index contributed by atoms with van der Waals surface area (Å²) in [7, 11) is 0. The lowest BCUT2D eigenvalue weighted by atomic mass is 10.0. The van der Waals surface area contributed by atoms with Gasteiger partial charge in [0, 0.05) is 32.1 Å². The maximum absolute atomic E-state index is 12.7. The van der Waals surface area contributed by atoms with Crippen molar-refractivity contribution < 1.29 is 14.7 Å². The molecule has 1 saturated heterocycles. The van der Waals surface area contributed by atoms with Crippen molar-refractivity contribution in [3.05, 3.63) is 0 Å². The predicted molar refractivity (Wildman–Crippen MR) is 76.6 cm³/mol. The van der Waals surface area contributed by atoms with Crippen LogP contribution in [0.25, 0.3) is 0 Å². The molecule has 5 unspecified atom stereocenters. The van der Waals surface area contributed by atoms with E-state index in [1.54, 1.807) is 6.92 Å². The van der Waals surface area contributed by atoms with E-state index in [1.165, 1.54) is 19.3 Å². The van der Waals surface area contributed by atoms with E-state index in [-0.39, 0.29) is 0 Å². The fourth-order valence-electron chi connectivity index (χ4n) is 5.35. The smallest absolute Gasteiger partial charge is 0.320 e. The normalized spacial score (nSPS) is 42.7. The molecule has 5 heteroatoms. The minimum Gasteiger partial charge on any atom is -0.480 e. The molecule has 0 spiro atoms. The SMILES string of the molecule is CC(C(=O)O)N1CCN(C(=O)C2C3C4CCC(C4)C23)CC1. The molecule has 5 nitrogen and oxygen atoms in total. The Morgan fingerprint density at radius 3 is 2.14 bits per heavy atom. The quantitative estimate of drug-likeness (QED) is 0.839. The van der Waals surface area contributed by atoms with Crippen LogP contribution in [-0.4, -0.2) is 59.0 Å². The van der Waals surface area contributed by atoms with Gasteiger partial charge in [-0.2, -0.15) is 0 Å². The fourth-order valence-corrected chi connectivity index (χ4v) is 5.35. The van der Waals surface area contributed by atoms with E-state index in [4.69, 9.17) is 5.11 Å². The second-order valence-corrected chi connectivity index (χ2v) is 7.39. The molecule has 3 saturated carbocycles. The van der Waals surface area contributed by atoms with Crippen molar-refractivity contribution in [2.24, 2.45) is 29.6 Å². The predicted octanol–water partition coefficient (Wildman–Crippen LogP) is 0.896. The third kappa shape index (κ3) is 2.00. The highest BCUT2D eigenvalue weighted by molar-refractivity contribution is 5.83. The number of rotatable bonds is 3. The zero-order valence-corrected chi connectivity index (χ0v) is 12.6. The van der Waals surface area contributed by atoms with E-state index in [0.29, 0.717) is 49.8 Å². The summed E-state index contributed by atoms with van der Waals surface area (Å²) in [4.78, 5) is 27.7. The number of carboxylic acids is 1. The lowest BCUT2D eigenvalue weighted by molar-refractivity contribution is -0.144. The fraction of sp³-hybridized carbons (Fsp3) is 0.875. The molecule has 5 atom stereocenters. The van der Waals surface area contributed by atoms with Gasteiger partial charge in [-0.1, -0.05) is 0 Å². The lowest BCUT2D eigenvalue weighted by Crippen LogP contribution is -2.53. The van der Waals surface area contributed by atoms with Gasteiger partial charge in [-0.15, -0.1) is 0 Å². The second-order valence-electron chi connectivity index (χ2n) is 7.39. The lowest BCUT2D eigenvalue weighted by Gasteiger charge is -2.37. The van der Waals surface area contributed by atoms with Crippen molar-refractivity contribution in [2.75, 3.05) is 26.2 Å². The summed E-state index contributed by atoms with van der Waals surface area (Å²) in [5.74, 6) is 2.98. The van der Waals surface area contributed by atoms with Gasteiger partial charge in [0.15, 0.2) is 0 Å². The molecule has 0 radical (unpaired) electrons. The van der Waals surface area contributed by atoms with Gasteiger partial charge in [-0.3, -0.25) is 14.5 Å². The van der Waals surface area contributed by atoms with Gasteiger partial charge >= 0.3 is 5.97 Å². The molecule has 21 heavy (non-hydrogen) atoms. The molecule has 4 aliphatic rings. The summed E-state index contributed by atoms with van der Waals surface area (Å²) < 4.78 is 0. The summed E-state index contributed by atoms with van der Waals surface area (Å²) in [6.45, 7) is 4.49. The van der Waals surface area contributed by atoms with Crippen LogP contribution < -0.4 is 0 Å². The number of aliphatic carboxylic acids is 1. The van der Waals surface area contributed by atoms with Gasteiger partial charge in [-0.25, -0.2) is 0 Å². The van der Waals surface area contributed by atoms with Crippen molar-refractivity contribution in [1.29, 1.82) is 0 Å². The molecule has 2 bridgehead atoms. The molecule has 116 valence electrons. The zero-order valence-electron chi connectivity index (χ0n) is 12.6. The van der Waals surface area contributed by atoms with E-state index < -0.39 is 12.0 Å².